The maximum absolute atomic E-state index is 9.70. The lowest BCUT2D eigenvalue weighted by Crippen LogP contribution is -2.40. The van der Waals surface area contributed by atoms with Crippen molar-refractivity contribution in [1.82, 2.24) is 15.2 Å². The molecular weight excluding hydrogens is 340 g/mol. The largest absolute Gasteiger partial charge is 0.391 e. The SMILES string of the molecule is CCNC(=NCCc1ccc(-c2csc(C)n2)s1)N1CC[C@@H](O)C1. The summed E-state index contributed by atoms with van der Waals surface area (Å²) in [5.74, 6) is 0.918. The first kappa shape index (κ1) is 17.4. The molecule has 1 aliphatic rings. The zero-order valence-electron chi connectivity index (χ0n) is 14.2. The molecule has 0 aliphatic carbocycles. The van der Waals surface area contributed by atoms with E-state index in [0.717, 1.165) is 49.1 Å². The van der Waals surface area contributed by atoms with Crippen LogP contribution in [0.25, 0.3) is 10.6 Å². The summed E-state index contributed by atoms with van der Waals surface area (Å²) < 4.78 is 0. The van der Waals surface area contributed by atoms with Crippen molar-refractivity contribution >= 4 is 28.6 Å². The first-order valence-corrected chi connectivity index (χ1v) is 10.1. The molecule has 130 valence electrons. The van der Waals surface area contributed by atoms with E-state index in [0.29, 0.717) is 6.54 Å². The highest BCUT2D eigenvalue weighted by molar-refractivity contribution is 7.16. The first-order valence-electron chi connectivity index (χ1n) is 8.38. The number of aliphatic hydroxyl groups is 1. The zero-order chi connectivity index (χ0) is 16.9. The first-order chi connectivity index (χ1) is 11.7. The van der Waals surface area contributed by atoms with Crippen molar-refractivity contribution in [3.05, 3.63) is 27.4 Å². The molecule has 24 heavy (non-hydrogen) atoms. The zero-order valence-corrected chi connectivity index (χ0v) is 15.8. The number of likely N-dealkylation sites (tertiary alicyclic amines) is 1. The number of aryl methyl sites for hydroxylation is 1. The lowest BCUT2D eigenvalue weighted by molar-refractivity contribution is 0.188. The van der Waals surface area contributed by atoms with Crippen LogP contribution in [0.2, 0.25) is 0 Å². The molecular formula is C17H24N4OS2. The molecule has 0 radical (unpaired) electrons. The number of aromatic nitrogens is 1. The van der Waals surface area contributed by atoms with E-state index in [2.05, 4.69) is 39.6 Å². The van der Waals surface area contributed by atoms with E-state index in [1.54, 1.807) is 22.7 Å². The Morgan fingerprint density at radius 2 is 2.38 bits per heavy atom. The van der Waals surface area contributed by atoms with Crippen LogP contribution in [-0.4, -0.2) is 53.2 Å². The van der Waals surface area contributed by atoms with Gasteiger partial charge in [-0.05, 0) is 32.4 Å². The van der Waals surface area contributed by atoms with Gasteiger partial charge in [0.15, 0.2) is 5.96 Å². The van der Waals surface area contributed by atoms with Crippen molar-refractivity contribution in [2.75, 3.05) is 26.2 Å². The van der Waals surface area contributed by atoms with Crippen LogP contribution in [0.3, 0.4) is 0 Å². The van der Waals surface area contributed by atoms with Gasteiger partial charge >= 0.3 is 0 Å². The number of aliphatic hydroxyl groups excluding tert-OH is 1. The molecule has 1 aliphatic heterocycles. The molecule has 3 rings (SSSR count). The average Bonchev–Trinajstić information content (AvgIpc) is 3.27. The lowest BCUT2D eigenvalue weighted by Gasteiger charge is -2.20. The van der Waals surface area contributed by atoms with Crippen LogP contribution in [0.15, 0.2) is 22.5 Å². The molecule has 0 amide bonds. The highest BCUT2D eigenvalue weighted by atomic mass is 32.1. The van der Waals surface area contributed by atoms with Gasteiger partial charge in [0.1, 0.15) is 0 Å². The molecule has 0 aromatic carbocycles. The number of thiophene rings is 1. The van der Waals surface area contributed by atoms with E-state index >= 15 is 0 Å². The maximum Gasteiger partial charge on any atom is 0.194 e. The van der Waals surface area contributed by atoms with Crippen molar-refractivity contribution in [1.29, 1.82) is 0 Å². The fourth-order valence-corrected chi connectivity index (χ4v) is 4.40. The highest BCUT2D eigenvalue weighted by Crippen LogP contribution is 2.29. The Kier molecular flexibility index (Phi) is 5.86. The molecule has 0 bridgehead atoms. The third-order valence-corrected chi connectivity index (χ3v) is 5.89. The molecule has 2 N–H and O–H groups in total. The molecule has 0 saturated carbocycles. The minimum Gasteiger partial charge on any atom is -0.391 e. The standard InChI is InChI=1S/C17H24N4OS2/c1-3-18-17(21-9-7-13(22)10-21)19-8-6-14-4-5-16(24-14)15-11-23-12(2)20-15/h4-5,11,13,22H,3,6-10H2,1-2H3,(H,18,19)/t13-/m1/s1. The van der Waals surface area contributed by atoms with Crippen molar-refractivity contribution < 1.29 is 5.11 Å². The summed E-state index contributed by atoms with van der Waals surface area (Å²) in [6, 6.07) is 4.33. The van der Waals surface area contributed by atoms with Crippen LogP contribution in [0.1, 0.15) is 23.2 Å². The molecule has 1 atom stereocenters. The van der Waals surface area contributed by atoms with Crippen molar-refractivity contribution in [3.8, 4) is 10.6 Å². The van der Waals surface area contributed by atoms with Gasteiger partial charge in [0.25, 0.3) is 0 Å². The highest BCUT2D eigenvalue weighted by Gasteiger charge is 2.22. The molecule has 0 spiro atoms. The topological polar surface area (TPSA) is 60.8 Å². The van der Waals surface area contributed by atoms with Gasteiger partial charge in [0, 0.05) is 42.9 Å². The van der Waals surface area contributed by atoms with Crippen LogP contribution in [0.5, 0.6) is 0 Å². The van der Waals surface area contributed by atoms with Gasteiger partial charge in [-0.15, -0.1) is 22.7 Å². The number of nitrogens with zero attached hydrogens (tertiary/aromatic N) is 3. The minimum absolute atomic E-state index is 0.227. The summed E-state index contributed by atoms with van der Waals surface area (Å²) in [5, 5.41) is 16.3. The molecule has 2 aromatic rings. The third kappa shape index (κ3) is 4.34. The fourth-order valence-electron chi connectivity index (χ4n) is 2.76. The number of rotatable bonds is 5. The van der Waals surface area contributed by atoms with Crippen LogP contribution in [-0.2, 0) is 6.42 Å². The van der Waals surface area contributed by atoms with Gasteiger partial charge in [0.05, 0.1) is 21.7 Å². The number of aliphatic imine (C=N–C) groups is 1. The monoisotopic (exact) mass is 364 g/mol. The van der Waals surface area contributed by atoms with E-state index in [-0.39, 0.29) is 6.10 Å². The Morgan fingerprint density at radius 3 is 3.04 bits per heavy atom. The van der Waals surface area contributed by atoms with Gasteiger partial charge in [-0.2, -0.15) is 0 Å². The Hall–Kier alpha value is -1.44. The van der Waals surface area contributed by atoms with Crippen molar-refractivity contribution in [2.45, 2.75) is 32.8 Å². The molecule has 2 aromatic heterocycles. The van der Waals surface area contributed by atoms with E-state index in [1.165, 1.54) is 9.75 Å². The maximum atomic E-state index is 9.70. The predicted octanol–water partition coefficient (Wildman–Crippen LogP) is 2.75. The summed E-state index contributed by atoms with van der Waals surface area (Å²) in [5.41, 5.74) is 1.08. The average molecular weight is 365 g/mol. The van der Waals surface area contributed by atoms with E-state index in [4.69, 9.17) is 4.99 Å². The van der Waals surface area contributed by atoms with Crippen LogP contribution < -0.4 is 5.32 Å². The Bertz CT molecular complexity index is 694. The molecule has 1 fully saturated rings. The second-order valence-electron chi connectivity index (χ2n) is 5.89. The number of hydrogen-bond donors (Lipinski definition) is 2. The second kappa shape index (κ2) is 8.09. The quantitative estimate of drug-likeness (QED) is 0.633. The number of nitrogens with one attached hydrogen (secondary N) is 1. The molecule has 3 heterocycles. The summed E-state index contributed by atoms with van der Waals surface area (Å²) in [4.78, 5) is 14.0. The summed E-state index contributed by atoms with van der Waals surface area (Å²) >= 11 is 3.49. The molecule has 1 saturated heterocycles. The van der Waals surface area contributed by atoms with Gasteiger partial charge in [-0.3, -0.25) is 4.99 Å². The number of thiazole rings is 1. The van der Waals surface area contributed by atoms with Crippen molar-refractivity contribution in [2.24, 2.45) is 4.99 Å². The number of guanidine groups is 1. The van der Waals surface area contributed by atoms with E-state index < -0.39 is 0 Å². The normalized spacial score (nSPS) is 18.4. The van der Waals surface area contributed by atoms with Gasteiger partial charge < -0.3 is 15.3 Å². The summed E-state index contributed by atoms with van der Waals surface area (Å²) in [6.07, 6.45) is 1.53. The van der Waals surface area contributed by atoms with Crippen LogP contribution >= 0.6 is 22.7 Å². The summed E-state index contributed by atoms with van der Waals surface area (Å²) in [6.45, 7) is 7.26. The lowest BCUT2D eigenvalue weighted by atomic mass is 10.3. The van der Waals surface area contributed by atoms with Gasteiger partial charge in [-0.25, -0.2) is 4.98 Å². The van der Waals surface area contributed by atoms with Crippen LogP contribution in [0.4, 0.5) is 0 Å². The van der Waals surface area contributed by atoms with Gasteiger partial charge in [0.2, 0.25) is 0 Å². The second-order valence-corrected chi connectivity index (χ2v) is 8.12. The Labute approximate surface area is 151 Å². The summed E-state index contributed by atoms with van der Waals surface area (Å²) in [7, 11) is 0. The third-order valence-electron chi connectivity index (χ3n) is 3.95. The Balaban J connectivity index is 1.59. The predicted molar refractivity (Wildman–Crippen MR) is 102 cm³/mol. The smallest absolute Gasteiger partial charge is 0.194 e. The number of β-amino-alcohol motifs (C(OH)–C–C–N with tert-alkyl or cyclic N) is 1. The number of hydrogen-bond acceptors (Lipinski definition) is 5. The van der Waals surface area contributed by atoms with E-state index in [1.807, 2.05) is 6.92 Å². The van der Waals surface area contributed by atoms with Crippen molar-refractivity contribution in [3.63, 3.8) is 0 Å². The van der Waals surface area contributed by atoms with Gasteiger partial charge in [-0.1, -0.05) is 0 Å². The minimum atomic E-state index is -0.227. The Morgan fingerprint density at radius 1 is 1.50 bits per heavy atom. The fraction of sp³-hybridized carbons (Fsp3) is 0.529. The molecule has 0 unspecified atom stereocenters. The van der Waals surface area contributed by atoms with E-state index in [9.17, 15) is 5.11 Å². The van der Waals surface area contributed by atoms with Crippen LogP contribution in [0, 0.1) is 6.92 Å². The molecule has 7 heteroatoms. The molecule has 5 nitrogen and oxygen atoms in total.